The van der Waals surface area contributed by atoms with Crippen LogP contribution >= 0.6 is 0 Å². The topological polar surface area (TPSA) is 46.3 Å². The summed E-state index contributed by atoms with van der Waals surface area (Å²) < 4.78 is 0. The second kappa shape index (κ2) is 4.76. The molecule has 108 valence electrons. The van der Waals surface area contributed by atoms with E-state index in [1.54, 1.807) is 0 Å². The van der Waals surface area contributed by atoms with Gasteiger partial charge in [-0.05, 0) is 63.2 Å². The lowest BCUT2D eigenvalue weighted by atomic mass is 9.52. The van der Waals surface area contributed by atoms with E-state index in [4.69, 9.17) is 5.73 Å². The monoisotopic (exact) mass is 264 g/mol. The quantitative estimate of drug-likeness (QED) is 0.847. The van der Waals surface area contributed by atoms with Gasteiger partial charge >= 0.3 is 0 Å². The molecule has 19 heavy (non-hydrogen) atoms. The average molecular weight is 264 g/mol. The van der Waals surface area contributed by atoms with Crippen molar-refractivity contribution in [2.75, 3.05) is 13.1 Å². The molecule has 1 amide bonds. The zero-order valence-electron chi connectivity index (χ0n) is 12.4. The van der Waals surface area contributed by atoms with E-state index in [0.717, 1.165) is 24.3 Å². The minimum atomic E-state index is -0.0204. The van der Waals surface area contributed by atoms with Crippen LogP contribution in [0, 0.1) is 23.7 Å². The van der Waals surface area contributed by atoms with Crippen molar-refractivity contribution in [3.8, 4) is 0 Å². The summed E-state index contributed by atoms with van der Waals surface area (Å²) in [6, 6.07) is 0. The van der Waals surface area contributed by atoms with E-state index in [2.05, 4.69) is 11.8 Å². The maximum absolute atomic E-state index is 12.7. The highest BCUT2D eigenvalue weighted by atomic mass is 16.2. The molecule has 1 atom stereocenters. The van der Waals surface area contributed by atoms with E-state index in [1.807, 2.05) is 6.92 Å². The molecule has 2 N–H and O–H groups in total. The molecule has 3 heteroatoms. The van der Waals surface area contributed by atoms with Gasteiger partial charge in [-0.25, -0.2) is 0 Å². The van der Waals surface area contributed by atoms with Gasteiger partial charge in [0, 0.05) is 24.5 Å². The number of nitrogens with zero attached hydrogens (tertiary/aromatic N) is 1. The van der Waals surface area contributed by atoms with Crippen LogP contribution < -0.4 is 5.73 Å². The van der Waals surface area contributed by atoms with Gasteiger partial charge in [0.25, 0.3) is 0 Å². The number of carbonyl (C=O) groups is 1. The number of rotatable bonds is 4. The predicted octanol–water partition coefficient (Wildman–Crippen LogP) is 2.40. The Bertz CT molecular complexity index is 330. The molecule has 4 fully saturated rings. The SMILES string of the molecule is CCN(C(=O)C(C)CN)C12CC3CC(CC(C3)C1)C2. The number of amides is 1. The van der Waals surface area contributed by atoms with Crippen molar-refractivity contribution < 1.29 is 4.79 Å². The third-order valence-corrected chi connectivity index (χ3v) is 5.94. The van der Waals surface area contributed by atoms with E-state index in [1.165, 1.54) is 38.5 Å². The normalized spacial score (nSPS) is 41.3. The Morgan fingerprint density at radius 3 is 2.05 bits per heavy atom. The molecule has 1 unspecified atom stereocenters. The van der Waals surface area contributed by atoms with Crippen LogP contribution in [-0.2, 0) is 4.79 Å². The molecule has 3 nitrogen and oxygen atoms in total. The van der Waals surface area contributed by atoms with E-state index >= 15 is 0 Å². The summed E-state index contributed by atoms with van der Waals surface area (Å²) in [4.78, 5) is 14.9. The Morgan fingerprint density at radius 1 is 1.21 bits per heavy atom. The third-order valence-electron chi connectivity index (χ3n) is 5.94. The zero-order valence-corrected chi connectivity index (χ0v) is 12.4. The zero-order chi connectivity index (χ0) is 13.6. The Hall–Kier alpha value is -0.570. The van der Waals surface area contributed by atoms with Crippen LogP contribution in [0.5, 0.6) is 0 Å². The molecule has 0 saturated heterocycles. The van der Waals surface area contributed by atoms with Crippen LogP contribution in [-0.4, -0.2) is 29.4 Å². The van der Waals surface area contributed by atoms with Crippen molar-refractivity contribution in [1.29, 1.82) is 0 Å². The molecule has 0 aliphatic heterocycles. The number of hydrogen-bond donors (Lipinski definition) is 1. The highest BCUT2D eigenvalue weighted by molar-refractivity contribution is 5.79. The lowest BCUT2D eigenvalue weighted by Crippen LogP contribution is -2.62. The molecule has 0 aromatic carbocycles. The Labute approximate surface area is 116 Å². The summed E-state index contributed by atoms with van der Waals surface area (Å²) in [5, 5.41) is 0. The first-order valence-corrected chi connectivity index (χ1v) is 8.09. The minimum Gasteiger partial charge on any atom is -0.337 e. The van der Waals surface area contributed by atoms with Crippen LogP contribution in [0.1, 0.15) is 52.4 Å². The van der Waals surface area contributed by atoms with Gasteiger partial charge in [0.1, 0.15) is 0 Å². The fourth-order valence-electron chi connectivity index (χ4n) is 5.49. The summed E-state index contributed by atoms with van der Waals surface area (Å²) in [6.45, 7) is 5.45. The second-order valence-electron chi connectivity index (χ2n) is 7.36. The van der Waals surface area contributed by atoms with Crippen LogP contribution in [0.15, 0.2) is 0 Å². The fourth-order valence-corrected chi connectivity index (χ4v) is 5.49. The first-order chi connectivity index (χ1) is 9.08. The van der Waals surface area contributed by atoms with E-state index in [9.17, 15) is 4.79 Å². The van der Waals surface area contributed by atoms with Crippen molar-refractivity contribution >= 4 is 5.91 Å². The molecule has 0 aromatic rings. The van der Waals surface area contributed by atoms with Crippen molar-refractivity contribution in [3.05, 3.63) is 0 Å². The Morgan fingerprint density at radius 2 is 1.68 bits per heavy atom. The number of nitrogens with two attached hydrogens (primary N) is 1. The third kappa shape index (κ3) is 2.10. The Balaban J connectivity index is 1.84. The van der Waals surface area contributed by atoms with Gasteiger partial charge in [-0.3, -0.25) is 4.79 Å². The molecule has 4 aliphatic rings. The molecule has 4 bridgehead atoms. The van der Waals surface area contributed by atoms with Crippen LogP contribution in [0.3, 0.4) is 0 Å². The van der Waals surface area contributed by atoms with Crippen LogP contribution in [0.4, 0.5) is 0 Å². The van der Waals surface area contributed by atoms with Crippen molar-refractivity contribution in [2.24, 2.45) is 29.4 Å². The molecular formula is C16H28N2O. The van der Waals surface area contributed by atoms with Crippen molar-refractivity contribution in [2.45, 2.75) is 57.9 Å². The summed E-state index contributed by atoms with van der Waals surface area (Å²) in [6.07, 6.45) is 8.06. The highest BCUT2D eigenvalue weighted by Crippen LogP contribution is 2.57. The lowest BCUT2D eigenvalue weighted by Gasteiger charge is -2.60. The number of carbonyl (C=O) groups excluding carboxylic acids is 1. The van der Waals surface area contributed by atoms with Gasteiger partial charge in [-0.15, -0.1) is 0 Å². The van der Waals surface area contributed by atoms with E-state index in [-0.39, 0.29) is 11.5 Å². The predicted molar refractivity (Wildman–Crippen MR) is 76.5 cm³/mol. The molecule has 4 aliphatic carbocycles. The van der Waals surface area contributed by atoms with E-state index in [0.29, 0.717) is 12.5 Å². The summed E-state index contributed by atoms with van der Waals surface area (Å²) >= 11 is 0. The Kier molecular flexibility index (Phi) is 3.36. The summed E-state index contributed by atoms with van der Waals surface area (Å²) in [7, 11) is 0. The molecule has 0 radical (unpaired) electrons. The lowest BCUT2D eigenvalue weighted by molar-refractivity contribution is -0.153. The van der Waals surface area contributed by atoms with E-state index < -0.39 is 0 Å². The number of hydrogen-bond acceptors (Lipinski definition) is 2. The van der Waals surface area contributed by atoms with Crippen molar-refractivity contribution in [1.82, 2.24) is 4.90 Å². The summed E-state index contributed by atoms with van der Waals surface area (Å²) in [5.41, 5.74) is 5.91. The average Bonchev–Trinajstić information content (AvgIpc) is 2.36. The molecule has 4 saturated carbocycles. The first-order valence-electron chi connectivity index (χ1n) is 8.09. The maximum Gasteiger partial charge on any atom is 0.227 e. The smallest absolute Gasteiger partial charge is 0.227 e. The largest absolute Gasteiger partial charge is 0.337 e. The summed E-state index contributed by atoms with van der Waals surface area (Å²) in [5.74, 6) is 2.95. The van der Waals surface area contributed by atoms with Crippen molar-refractivity contribution in [3.63, 3.8) is 0 Å². The standard InChI is InChI=1S/C16H28N2O/c1-3-18(15(19)11(2)10-17)16-7-12-4-13(8-16)6-14(5-12)9-16/h11-14H,3-10,17H2,1-2H3. The molecule has 4 rings (SSSR count). The van der Waals surface area contributed by atoms with Gasteiger partial charge in [-0.2, -0.15) is 0 Å². The van der Waals surface area contributed by atoms with Gasteiger partial charge in [0.2, 0.25) is 5.91 Å². The van der Waals surface area contributed by atoms with Crippen LogP contribution in [0.25, 0.3) is 0 Å². The van der Waals surface area contributed by atoms with Gasteiger partial charge in [0.15, 0.2) is 0 Å². The molecular weight excluding hydrogens is 236 g/mol. The van der Waals surface area contributed by atoms with Crippen LogP contribution in [0.2, 0.25) is 0 Å². The highest BCUT2D eigenvalue weighted by Gasteiger charge is 2.54. The first kappa shape index (κ1) is 13.4. The van der Waals surface area contributed by atoms with Gasteiger partial charge < -0.3 is 10.6 Å². The molecule has 0 aromatic heterocycles. The fraction of sp³-hybridized carbons (Fsp3) is 0.938. The molecule has 0 spiro atoms. The maximum atomic E-state index is 12.7. The second-order valence-corrected chi connectivity index (χ2v) is 7.36. The minimum absolute atomic E-state index is 0.0204. The van der Waals surface area contributed by atoms with Gasteiger partial charge in [0.05, 0.1) is 0 Å². The molecule has 0 heterocycles. The van der Waals surface area contributed by atoms with Gasteiger partial charge in [-0.1, -0.05) is 6.92 Å².